The number of halogens is 4. The van der Waals surface area contributed by atoms with E-state index in [0.717, 1.165) is 65.4 Å². The molecular formula is C46H50Cl2F2N4O3. The predicted octanol–water partition coefficient (Wildman–Crippen LogP) is 9.94. The fourth-order valence-electron chi connectivity index (χ4n) is 9.07. The third-order valence-electron chi connectivity index (χ3n) is 12.2. The first-order chi connectivity index (χ1) is 27.2. The maximum atomic E-state index is 16.0. The molecule has 2 aromatic heterocycles. The molecule has 11 heteroatoms. The molecule has 0 saturated carbocycles. The van der Waals surface area contributed by atoms with Gasteiger partial charge in [-0.1, -0.05) is 61.2 Å². The zero-order valence-corrected chi connectivity index (χ0v) is 34.5. The number of likely N-dealkylation sites (N-methyl/N-ethyl adjacent to an activating group) is 1. The lowest BCUT2D eigenvalue weighted by atomic mass is 9.88. The van der Waals surface area contributed by atoms with Gasteiger partial charge in [-0.2, -0.15) is 0 Å². The van der Waals surface area contributed by atoms with Crippen molar-refractivity contribution in [3.8, 4) is 5.75 Å². The standard InChI is InChI=1S/C46H50Cl2F2N4O3/c1-5-6-19-46(56,30-7-12-34(49)13-8-30)28-54-41-15-11-33(48)24-36(41)38-26-52(21-18-43(38)54)29(2)57-44-16-9-31(22-39(44)50)45(3,55)27-53-40-14-10-32(47)23-35(40)37-25-51(4)20-17-42(37)53/h7-16,22-24,29,55-56H,5-6,17-21,25-28H2,1-4H3/t29?,45?,46-/m0/s1. The van der Waals surface area contributed by atoms with Gasteiger partial charge in [0.1, 0.15) is 23.2 Å². The molecule has 4 heterocycles. The van der Waals surface area contributed by atoms with Crippen LogP contribution in [-0.2, 0) is 50.2 Å². The van der Waals surface area contributed by atoms with Crippen LogP contribution in [0.25, 0.3) is 21.8 Å². The number of rotatable bonds is 12. The quantitative estimate of drug-likeness (QED) is 0.129. The van der Waals surface area contributed by atoms with Crippen LogP contribution in [0.5, 0.6) is 5.75 Å². The third-order valence-corrected chi connectivity index (χ3v) is 12.7. The Labute approximate surface area is 343 Å². The highest BCUT2D eigenvalue weighted by molar-refractivity contribution is 6.31. The van der Waals surface area contributed by atoms with Crippen LogP contribution in [0.15, 0.2) is 78.9 Å². The summed E-state index contributed by atoms with van der Waals surface area (Å²) in [7, 11) is 2.10. The van der Waals surface area contributed by atoms with Gasteiger partial charge < -0.3 is 29.0 Å². The van der Waals surface area contributed by atoms with E-state index >= 15 is 4.39 Å². The smallest absolute Gasteiger partial charge is 0.165 e. The van der Waals surface area contributed by atoms with Crippen LogP contribution in [0.4, 0.5) is 8.78 Å². The van der Waals surface area contributed by atoms with E-state index < -0.39 is 23.2 Å². The van der Waals surface area contributed by atoms with E-state index in [9.17, 15) is 14.6 Å². The van der Waals surface area contributed by atoms with Crippen LogP contribution in [0.3, 0.4) is 0 Å². The third kappa shape index (κ3) is 7.71. The van der Waals surface area contributed by atoms with E-state index in [1.807, 2.05) is 43.3 Å². The summed E-state index contributed by atoms with van der Waals surface area (Å²) in [5.41, 5.74) is 5.14. The van der Waals surface area contributed by atoms with Crippen molar-refractivity contribution in [2.75, 3.05) is 20.1 Å². The molecule has 0 radical (unpaired) electrons. The summed E-state index contributed by atoms with van der Waals surface area (Å²) in [4.78, 5) is 4.45. The first-order valence-electron chi connectivity index (χ1n) is 19.9. The lowest BCUT2D eigenvalue weighted by Gasteiger charge is -2.35. The van der Waals surface area contributed by atoms with Gasteiger partial charge in [-0.3, -0.25) is 4.90 Å². The van der Waals surface area contributed by atoms with E-state index in [1.165, 1.54) is 29.5 Å². The Balaban J connectivity index is 1.02. The monoisotopic (exact) mass is 814 g/mol. The molecule has 2 N–H and O–H groups in total. The topological polar surface area (TPSA) is 66.0 Å². The molecule has 0 bridgehead atoms. The van der Waals surface area contributed by atoms with E-state index in [4.69, 9.17) is 27.9 Å². The highest BCUT2D eigenvalue weighted by Crippen LogP contribution is 2.39. The Morgan fingerprint density at radius 3 is 2.00 bits per heavy atom. The van der Waals surface area contributed by atoms with Gasteiger partial charge >= 0.3 is 0 Å². The number of aliphatic hydroxyl groups is 2. The molecule has 4 aromatic carbocycles. The van der Waals surface area contributed by atoms with Crippen molar-refractivity contribution in [2.45, 2.75) is 96.5 Å². The van der Waals surface area contributed by atoms with Crippen molar-refractivity contribution < 1.29 is 23.7 Å². The van der Waals surface area contributed by atoms with Gasteiger partial charge in [-0.25, -0.2) is 8.78 Å². The molecule has 6 aromatic rings. The Kier molecular flexibility index (Phi) is 10.9. The summed E-state index contributed by atoms with van der Waals surface area (Å²) < 4.78 is 40.6. The summed E-state index contributed by atoms with van der Waals surface area (Å²) in [6.45, 7) is 9.20. The zero-order valence-electron chi connectivity index (χ0n) is 33.0. The number of benzene rings is 4. The maximum absolute atomic E-state index is 16.0. The highest BCUT2D eigenvalue weighted by Gasteiger charge is 2.35. The van der Waals surface area contributed by atoms with Gasteiger partial charge in [-0.05, 0) is 110 Å². The molecule has 0 saturated heterocycles. The minimum atomic E-state index is -1.37. The Bertz CT molecular complexity index is 2440. The number of nitrogens with zero attached hydrogens (tertiary/aromatic N) is 4. The number of aromatic nitrogens is 2. The summed E-state index contributed by atoms with van der Waals surface area (Å²) in [5, 5.41) is 27.5. The fourth-order valence-corrected chi connectivity index (χ4v) is 9.41. The molecule has 2 aliphatic heterocycles. The first kappa shape index (κ1) is 39.8. The van der Waals surface area contributed by atoms with Crippen molar-refractivity contribution in [1.82, 2.24) is 18.9 Å². The summed E-state index contributed by atoms with van der Waals surface area (Å²) >= 11 is 13.0. The van der Waals surface area contributed by atoms with Crippen molar-refractivity contribution in [2.24, 2.45) is 0 Å². The van der Waals surface area contributed by atoms with Gasteiger partial charge in [-0.15, -0.1) is 0 Å². The van der Waals surface area contributed by atoms with Crippen LogP contribution >= 0.6 is 23.2 Å². The molecule has 3 atom stereocenters. The largest absolute Gasteiger partial charge is 0.472 e. The van der Waals surface area contributed by atoms with Crippen LogP contribution in [-0.4, -0.2) is 55.5 Å². The van der Waals surface area contributed by atoms with Gasteiger partial charge in [0.05, 0.1) is 13.1 Å². The van der Waals surface area contributed by atoms with Crippen LogP contribution in [0.1, 0.15) is 73.7 Å². The molecule has 8 rings (SSSR count). The minimum Gasteiger partial charge on any atom is -0.472 e. The van der Waals surface area contributed by atoms with Crippen molar-refractivity contribution >= 4 is 45.0 Å². The molecule has 57 heavy (non-hydrogen) atoms. The molecule has 2 aliphatic rings. The van der Waals surface area contributed by atoms with Crippen molar-refractivity contribution in [1.29, 1.82) is 0 Å². The zero-order chi connectivity index (χ0) is 40.2. The second-order valence-electron chi connectivity index (χ2n) is 16.3. The second-order valence-corrected chi connectivity index (χ2v) is 17.2. The summed E-state index contributed by atoms with van der Waals surface area (Å²) in [6.07, 6.45) is 3.31. The predicted molar refractivity (Wildman–Crippen MR) is 224 cm³/mol. The van der Waals surface area contributed by atoms with Gasteiger partial charge in [0.15, 0.2) is 11.6 Å². The van der Waals surface area contributed by atoms with Crippen LogP contribution in [0.2, 0.25) is 10.0 Å². The fraction of sp³-hybridized carbons (Fsp3) is 0.391. The average molecular weight is 816 g/mol. The SMILES string of the molecule is CCCC[C@](O)(Cn1c2c(c3cc(Cl)ccc31)CN(C(C)Oc1ccc(C(C)(O)Cn3c4c(c5cc(Cl)ccc53)CN(C)CC4)cc1F)CC2)c1ccc(F)cc1. The van der Waals surface area contributed by atoms with E-state index in [-0.39, 0.29) is 18.1 Å². The van der Waals surface area contributed by atoms with Gasteiger partial charge in [0, 0.05) is 82.3 Å². The molecule has 0 fully saturated rings. The number of hydrogen-bond acceptors (Lipinski definition) is 5. The average Bonchev–Trinajstić information content (AvgIpc) is 3.64. The molecule has 2 unspecified atom stereocenters. The normalized spacial score (nSPS) is 17.6. The summed E-state index contributed by atoms with van der Waals surface area (Å²) in [5.74, 6) is -0.769. The lowest BCUT2D eigenvalue weighted by molar-refractivity contribution is 0.00578. The van der Waals surface area contributed by atoms with Crippen molar-refractivity contribution in [3.63, 3.8) is 0 Å². The summed E-state index contributed by atoms with van der Waals surface area (Å²) in [6, 6.07) is 22.6. The first-order valence-corrected chi connectivity index (χ1v) is 20.7. The molecule has 300 valence electrons. The molecular weight excluding hydrogens is 765 g/mol. The number of hydrogen-bond donors (Lipinski definition) is 2. The van der Waals surface area contributed by atoms with Crippen molar-refractivity contribution in [3.05, 3.63) is 134 Å². The minimum absolute atomic E-state index is 0.111. The number of unbranched alkanes of at least 4 members (excludes halogenated alkanes) is 1. The molecule has 0 spiro atoms. The van der Waals surface area contributed by atoms with E-state index in [1.54, 1.807) is 31.2 Å². The Hall–Kier alpha value is -3.96. The molecule has 0 aliphatic carbocycles. The maximum Gasteiger partial charge on any atom is 0.165 e. The highest BCUT2D eigenvalue weighted by atomic mass is 35.5. The van der Waals surface area contributed by atoms with E-state index in [0.29, 0.717) is 53.6 Å². The van der Waals surface area contributed by atoms with Crippen LogP contribution in [0, 0.1) is 11.6 Å². The van der Waals surface area contributed by atoms with E-state index in [2.05, 4.69) is 32.9 Å². The lowest BCUT2D eigenvalue weighted by Crippen LogP contribution is -2.41. The molecule has 7 nitrogen and oxygen atoms in total. The Morgan fingerprint density at radius 2 is 1.37 bits per heavy atom. The number of fused-ring (bicyclic) bond motifs is 6. The van der Waals surface area contributed by atoms with Gasteiger partial charge in [0.2, 0.25) is 0 Å². The Morgan fingerprint density at radius 1 is 0.772 bits per heavy atom. The van der Waals surface area contributed by atoms with Gasteiger partial charge in [0.25, 0.3) is 0 Å². The van der Waals surface area contributed by atoms with Crippen LogP contribution < -0.4 is 4.74 Å². The number of ether oxygens (including phenoxy) is 1. The second kappa shape index (κ2) is 15.7. The molecule has 0 amide bonds.